The maximum Gasteiger partial charge on any atom is 0.241 e. The minimum Gasteiger partial charge on any atom is -0.494 e. The molecule has 1 atom stereocenters. The fourth-order valence-electron chi connectivity index (χ4n) is 3.03. The zero-order chi connectivity index (χ0) is 18.4. The minimum atomic E-state index is -3.77. The number of hydrogen-bond acceptors (Lipinski definition) is 4. The molecule has 1 aliphatic carbocycles. The molecule has 0 heterocycles. The number of amides is 1. The smallest absolute Gasteiger partial charge is 0.241 e. The Morgan fingerprint density at radius 3 is 2.56 bits per heavy atom. The highest BCUT2D eigenvalue weighted by atomic mass is 32.2. The van der Waals surface area contributed by atoms with Crippen molar-refractivity contribution in [2.24, 2.45) is 0 Å². The minimum absolute atomic E-state index is 0.130. The molecular weight excluding hydrogens is 340 g/mol. The Balaban J connectivity index is 2.01. The van der Waals surface area contributed by atoms with Crippen molar-refractivity contribution in [3.8, 4) is 5.75 Å². The molecule has 6 nitrogen and oxygen atoms in total. The van der Waals surface area contributed by atoms with E-state index in [4.69, 9.17) is 4.74 Å². The first-order valence-corrected chi connectivity index (χ1v) is 10.4. The van der Waals surface area contributed by atoms with E-state index in [1.165, 1.54) is 12.5 Å². The van der Waals surface area contributed by atoms with Gasteiger partial charge in [0.25, 0.3) is 0 Å². The molecule has 0 spiro atoms. The highest BCUT2D eigenvalue weighted by molar-refractivity contribution is 7.89. The van der Waals surface area contributed by atoms with Crippen LogP contribution in [0.15, 0.2) is 23.1 Å². The summed E-state index contributed by atoms with van der Waals surface area (Å²) in [7, 11) is -3.77. The van der Waals surface area contributed by atoms with Crippen LogP contribution >= 0.6 is 0 Å². The van der Waals surface area contributed by atoms with Crippen molar-refractivity contribution in [1.82, 2.24) is 10.0 Å². The third-order valence-corrected chi connectivity index (χ3v) is 5.97. The number of rotatable bonds is 7. The molecule has 1 fully saturated rings. The quantitative estimate of drug-likeness (QED) is 0.774. The van der Waals surface area contributed by atoms with Gasteiger partial charge in [0.2, 0.25) is 15.9 Å². The summed E-state index contributed by atoms with van der Waals surface area (Å²) in [5, 5.41) is 2.94. The van der Waals surface area contributed by atoms with Crippen LogP contribution in [0.4, 0.5) is 0 Å². The van der Waals surface area contributed by atoms with Crippen molar-refractivity contribution in [2.75, 3.05) is 6.61 Å². The maximum absolute atomic E-state index is 12.5. The van der Waals surface area contributed by atoms with E-state index in [1.807, 2.05) is 6.92 Å². The third-order valence-electron chi connectivity index (χ3n) is 4.43. The Hall–Kier alpha value is -1.60. The molecule has 1 aromatic carbocycles. The van der Waals surface area contributed by atoms with Crippen LogP contribution in [-0.2, 0) is 14.8 Å². The van der Waals surface area contributed by atoms with Gasteiger partial charge in [-0.3, -0.25) is 4.79 Å². The van der Waals surface area contributed by atoms with E-state index in [9.17, 15) is 13.2 Å². The lowest BCUT2D eigenvalue weighted by Crippen LogP contribution is -2.48. The van der Waals surface area contributed by atoms with Crippen molar-refractivity contribution in [1.29, 1.82) is 0 Å². The number of aryl methyl sites for hydroxylation is 1. The van der Waals surface area contributed by atoms with Gasteiger partial charge in [-0.2, -0.15) is 4.72 Å². The zero-order valence-corrected chi connectivity index (χ0v) is 16.0. The lowest BCUT2D eigenvalue weighted by atomic mass is 9.95. The summed E-state index contributed by atoms with van der Waals surface area (Å²) in [5.41, 5.74) is 0.740. The second kappa shape index (κ2) is 8.67. The maximum atomic E-state index is 12.5. The third kappa shape index (κ3) is 5.44. The van der Waals surface area contributed by atoms with Crippen LogP contribution in [0.1, 0.15) is 51.5 Å². The first kappa shape index (κ1) is 19.7. The second-order valence-electron chi connectivity index (χ2n) is 6.55. The van der Waals surface area contributed by atoms with E-state index >= 15 is 0 Å². The molecule has 7 heteroatoms. The average Bonchev–Trinajstić information content (AvgIpc) is 2.57. The Morgan fingerprint density at radius 2 is 1.96 bits per heavy atom. The number of benzene rings is 1. The van der Waals surface area contributed by atoms with Gasteiger partial charge in [0.15, 0.2) is 0 Å². The summed E-state index contributed by atoms with van der Waals surface area (Å²) in [4.78, 5) is 12.4. The number of hydrogen-bond donors (Lipinski definition) is 2. The number of nitrogens with one attached hydrogen (secondary N) is 2. The zero-order valence-electron chi connectivity index (χ0n) is 15.2. The molecule has 0 saturated heterocycles. The fraction of sp³-hybridized carbons (Fsp3) is 0.611. The van der Waals surface area contributed by atoms with E-state index in [0.29, 0.717) is 12.4 Å². The lowest BCUT2D eigenvalue weighted by Gasteiger charge is -2.24. The highest BCUT2D eigenvalue weighted by Crippen LogP contribution is 2.22. The molecule has 1 aliphatic rings. The standard InChI is InChI=1S/C18H28N2O4S/c1-4-24-17-11-10-16(12-13(17)2)25(22,23)20-14(3)18(21)19-15-8-6-5-7-9-15/h10-12,14-15,20H,4-9H2,1-3H3,(H,19,21)/t14-/m1/s1. The van der Waals surface area contributed by atoms with E-state index in [0.717, 1.165) is 31.2 Å². The van der Waals surface area contributed by atoms with Gasteiger partial charge in [-0.05, 0) is 57.4 Å². The van der Waals surface area contributed by atoms with Gasteiger partial charge in [0, 0.05) is 6.04 Å². The molecule has 0 bridgehead atoms. The van der Waals surface area contributed by atoms with Gasteiger partial charge < -0.3 is 10.1 Å². The number of ether oxygens (including phenoxy) is 1. The Kier molecular flexibility index (Phi) is 6.84. The van der Waals surface area contributed by atoms with E-state index in [-0.39, 0.29) is 16.8 Å². The first-order chi connectivity index (χ1) is 11.8. The van der Waals surface area contributed by atoms with Crippen LogP contribution in [0.3, 0.4) is 0 Å². The topological polar surface area (TPSA) is 84.5 Å². The Morgan fingerprint density at radius 1 is 1.28 bits per heavy atom. The summed E-state index contributed by atoms with van der Waals surface area (Å²) < 4.78 is 32.9. The van der Waals surface area contributed by atoms with Crippen molar-refractivity contribution < 1.29 is 17.9 Å². The predicted molar refractivity (Wildman–Crippen MR) is 97.1 cm³/mol. The second-order valence-corrected chi connectivity index (χ2v) is 8.26. The summed E-state index contributed by atoms with van der Waals surface area (Å²) in [5.74, 6) is 0.377. The van der Waals surface area contributed by atoms with Gasteiger partial charge in [-0.15, -0.1) is 0 Å². The van der Waals surface area contributed by atoms with Gasteiger partial charge in [-0.1, -0.05) is 19.3 Å². The lowest BCUT2D eigenvalue weighted by molar-refractivity contribution is -0.123. The van der Waals surface area contributed by atoms with Gasteiger partial charge in [0.05, 0.1) is 17.5 Å². The normalized spacial score (nSPS) is 17.1. The summed E-state index contributed by atoms with van der Waals surface area (Å²) in [6, 6.07) is 4.02. The largest absolute Gasteiger partial charge is 0.494 e. The van der Waals surface area contributed by atoms with Gasteiger partial charge in [0.1, 0.15) is 5.75 Å². The summed E-state index contributed by atoms with van der Waals surface area (Å²) in [6.07, 6.45) is 5.34. The van der Waals surface area contributed by atoms with Crippen LogP contribution < -0.4 is 14.8 Å². The van der Waals surface area contributed by atoms with Crippen LogP contribution in [-0.4, -0.2) is 33.0 Å². The molecule has 1 saturated carbocycles. The van der Waals surface area contributed by atoms with Gasteiger partial charge >= 0.3 is 0 Å². The van der Waals surface area contributed by atoms with Crippen LogP contribution in [0.25, 0.3) is 0 Å². The molecule has 1 amide bonds. The molecule has 0 radical (unpaired) electrons. The molecule has 25 heavy (non-hydrogen) atoms. The summed E-state index contributed by atoms with van der Waals surface area (Å²) in [6.45, 7) is 5.75. The van der Waals surface area contributed by atoms with Crippen LogP contribution in [0, 0.1) is 6.92 Å². The molecule has 2 N–H and O–H groups in total. The highest BCUT2D eigenvalue weighted by Gasteiger charge is 2.24. The van der Waals surface area contributed by atoms with Crippen molar-refractivity contribution in [2.45, 2.75) is 69.9 Å². The van der Waals surface area contributed by atoms with Crippen LogP contribution in [0.2, 0.25) is 0 Å². The van der Waals surface area contributed by atoms with Crippen molar-refractivity contribution in [3.05, 3.63) is 23.8 Å². The summed E-state index contributed by atoms with van der Waals surface area (Å²) >= 11 is 0. The first-order valence-electron chi connectivity index (χ1n) is 8.89. The monoisotopic (exact) mass is 368 g/mol. The molecule has 2 rings (SSSR count). The molecular formula is C18H28N2O4S. The Bertz CT molecular complexity index is 697. The molecule has 0 unspecified atom stereocenters. The van der Waals surface area contributed by atoms with Crippen LogP contribution in [0.5, 0.6) is 5.75 Å². The van der Waals surface area contributed by atoms with Gasteiger partial charge in [-0.25, -0.2) is 8.42 Å². The predicted octanol–water partition coefficient (Wildman–Crippen LogP) is 2.51. The molecule has 140 valence electrons. The molecule has 0 aliphatic heterocycles. The van der Waals surface area contributed by atoms with E-state index in [1.54, 1.807) is 26.0 Å². The number of carbonyl (C=O) groups excluding carboxylic acids is 1. The molecule has 0 aromatic heterocycles. The average molecular weight is 368 g/mol. The fourth-order valence-corrected chi connectivity index (χ4v) is 4.32. The Labute approximate surface area is 150 Å². The van der Waals surface area contributed by atoms with Crippen molar-refractivity contribution in [3.63, 3.8) is 0 Å². The van der Waals surface area contributed by atoms with E-state index in [2.05, 4.69) is 10.0 Å². The molecule has 1 aromatic rings. The number of carbonyl (C=O) groups is 1. The number of sulfonamides is 1. The SMILES string of the molecule is CCOc1ccc(S(=O)(=O)N[C@H](C)C(=O)NC2CCCCC2)cc1C. The van der Waals surface area contributed by atoms with Crippen molar-refractivity contribution >= 4 is 15.9 Å². The van der Waals surface area contributed by atoms with E-state index < -0.39 is 16.1 Å².